The first-order valence-corrected chi connectivity index (χ1v) is 7.74. The van der Waals surface area contributed by atoms with Crippen LogP contribution in [-0.4, -0.2) is 35.8 Å². The topological polar surface area (TPSA) is 49.4 Å². The minimum Gasteiger partial charge on any atom is -0.341 e. The average Bonchev–Trinajstić information content (AvgIpc) is 3.22. The average molecular weight is 296 g/mol. The lowest BCUT2D eigenvalue weighted by Crippen LogP contribution is -2.41. The fraction of sp³-hybridized carbons (Fsp3) is 0.444. The van der Waals surface area contributed by atoms with E-state index in [1.807, 2.05) is 35.2 Å². The lowest BCUT2D eigenvalue weighted by atomic mass is 9.94. The Morgan fingerprint density at radius 2 is 2.00 bits per heavy atom. The molecule has 1 unspecified atom stereocenters. The summed E-state index contributed by atoms with van der Waals surface area (Å²) in [6, 6.07) is 10.0. The van der Waals surface area contributed by atoms with Gasteiger partial charge in [-0.15, -0.1) is 0 Å². The predicted octanol–water partition coefficient (Wildman–Crippen LogP) is 1.46. The molecule has 0 bridgehead atoms. The van der Waals surface area contributed by atoms with Crippen molar-refractivity contribution in [3.8, 4) is 11.8 Å². The molecule has 1 aliphatic carbocycles. The number of carbonyl (C=O) groups is 2. The third-order valence-electron chi connectivity index (χ3n) is 4.53. The van der Waals surface area contributed by atoms with Crippen molar-refractivity contribution in [2.75, 3.05) is 13.1 Å². The summed E-state index contributed by atoms with van der Waals surface area (Å²) in [5, 5.41) is 2.87. The maximum Gasteiger partial charge on any atom is 0.296 e. The molecule has 0 spiro atoms. The van der Waals surface area contributed by atoms with Gasteiger partial charge in [-0.05, 0) is 37.7 Å². The number of likely N-dealkylation sites (tertiary alicyclic amines) is 1. The fourth-order valence-electron chi connectivity index (χ4n) is 3.21. The zero-order chi connectivity index (χ0) is 15.6. The molecule has 4 heteroatoms. The first kappa shape index (κ1) is 14.6. The third kappa shape index (κ3) is 2.71. The minimum absolute atomic E-state index is 0.0175. The largest absolute Gasteiger partial charge is 0.341 e. The molecule has 22 heavy (non-hydrogen) atoms. The summed E-state index contributed by atoms with van der Waals surface area (Å²) >= 11 is 0. The molecule has 3 rings (SSSR count). The number of hydrogen-bond acceptors (Lipinski definition) is 2. The van der Waals surface area contributed by atoms with Crippen molar-refractivity contribution in [1.82, 2.24) is 10.2 Å². The van der Waals surface area contributed by atoms with Gasteiger partial charge in [0, 0.05) is 19.1 Å². The highest BCUT2D eigenvalue weighted by atomic mass is 16.2. The molecule has 1 saturated heterocycles. The predicted molar refractivity (Wildman–Crippen MR) is 83.9 cm³/mol. The molecule has 0 radical (unpaired) electrons. The van der Waals surface area contributed by atoms with Crippen molar-refractivity contribution in [2.24, 2.45) is 0 Å². The van der Waals surface area contributed by atoms with E-state index < -0.39 is 0 Å². The van der Waals surface area contributed by atoms with Crippen molar-refractivity contribution in [3.63, 3.8) is 0 Å². The molecule has 114 valence electrons. The van der Waals surface area contributed by atoms with E-state index in [0.717, 1.165) is 24.8 Å². The van der Waals surface area contributed by atoms with Gasteiger partial charge in [0.15, 0.2) is 0 Å². The molecule has 0 aromatic heterocycles. The van der Waals surface area contributed by atoms with E-state index in [-0.39, 0.29) is 23.3 Å². The number of nitrogens with one attached hydrogen (secondary N) is 1. The molecule has 1 aromatic rings. The van der Waals surface area contributed by atoms with Gasteiger partial charge in [-0.1, -0.05) is 36.3 Å². The van der Waals surface area contributed by atoms with Gasteiger partial charge in [0.2, 0.25) is 5.91 Å². The lowest BCUT2D eigenvalue weighted by molar-refractivity contribution is -0.133. The highest BCUT2D eigenvalue weighted by Gasteiger charge is 2.53. The third-order valence-corrected chi connectivity index (χ3v) is 4.53. The molecular formula is C18H20N2O2. The molecule has 1 heterocycles. The Hall–Kier alpha value is -2.28. The van der Waals surface area contributed by atoms with Crippen LogP contribution in [0.5, 0.6) is 0 Å². The first-order chi connectivity index (χ1) is 10.7. The van der Waals surface area contributed by atoms with Crippen LogP contribution in [0.1, 0.15) is 31.7 Å². The Morgan fingerprint density at radius 1 is 1.27 bits per heavy atom. The molecule has 1 N–H and O–H groups in total. The minimum atomic E-state index is -0.316. The zero-order valence-electron chi connectivity index (χ0n) is 12.8. The van der Waals surface area contributed by atoms with Crippen LogP contribution in [0.4, 0.5) is 0 Å². The van der Waals surface area contributed by atoms with Crippen LogP contribution in [0.15, 0.2) is 30.3 Å². The summed E-state index contributed by atoms with van der Waals surface area (Å²) in [4.78, 5) is 26.3. The smallest absolute Gasteiger partial charge is 0.296 e. The summed E-state index contributed by atoms with van der Waals surface area (Å²) in [5.74, 6) is 5.02. The van der Waals surface area contributed by atoms with E-state index in [4.69, 9.17) is 0 Å². The van der Waals surface area contributed by atoms with Gasteiger partial charge in [0.25, 0.3) is 5.91 Å². The lowest BCUT2D eigenvalue weighted by Gasteiger charge is -2.23. The van der Waals surface area contributed by atoms with Crippen molar-refractivity contribution >= 4 is 11.8 Å². The van der Waals surface area contributed by atoms with Gasteiger partial charge >= 0.3 is 0 Å². The van der Waals surface area contributed by atoms with E-state index in [0.29, 0.717) is 13.1 Å². The van der Waals surface area contributed by atoms with Gasteiger partial charge in [-0.25, -0.2) is 0 Å². The van der Waals surface area contributed by atoms with Crippen LogP contribution in [0.2, 0.25) is 0 Å². The van der Waals surface area contributed by atoms with Crippen molar-refractivity contribution in [2.45, 2.75) is 37.6 Å². The second-order valence-electron chi connectivity index (χ2n) is 6.03. The normalized spacial score (nSPS) is 21.7. The summed E-state index contributed by atoms with van der Waals surface area (Å²) in [5.41, 5.74) is 0.799. The summed E-state index contributed by atoms with van der Waals surface area (Å²) in [7, 11) is 0. The number of rotatable bonds is 3. The van der Waals surface area contributed by atoms with Crippen LogP contribution in [0.25, 0.3) is 0 Å². The molecule has 1 aromatic carbocycles. The molecule has 1 aliphatic heterocycles. The van der Waals surface area contributed by atoms with Crippen molar-refractivity contribution in [1.29, 1.82) is 0 Å². The van der Waals surface area contributed by atoms with Crippen LogP contribution in [0.3, 0.4) is 0 Å². The number of hydrogen-bond donors (Lipinski definition) is 1. The fourth-order valence-corrected chi connectivity index (χ4v) is 3.21. The highest BCUT2D eigenvalue weighted by Crippen LogP contribution is 2.49. The van der Waals surface area contributed by atoms with Gasteiger partial charge in [0.05, 0.1) is 5.41 Å². The van der Waals surface area contributed by atoms with Crippen molar-refractivity contribution < 1.29 is 9.59 Å². The number of amides is 2. The maximum absolute atomic E-state index is 12.9. The van der Waals surface area contributed by atoms with Gasteiger partial charge in [0.1, 0.15) is 0 Å². The molecule has 2 aliphatic rings. The standard InChI is InChI=1S/C18H20N2O2/c1-2-6-16(21)19-15-9-12-20(13-15)17(22)18(10-11-18)14-7-4-3-5-8-14/h3-5,7-8,15H,9-13H2,1H3,(H,19,21). The van der Waals surface area contributed by atoms with Gasteiger partial charge < -0.3 is 10.2 Å². The van der Waals surface area contributed by atoms with E-state index in [9.17, 15) is 9.59 Å². The van der Waals surface area contributed by atoms with E-state index >= 15 is 0 Å². The molecule has 1 saturated carbocycles. The first-order valence-electron chi connectivity index (χ1n) is 7.74. The van der Waals surface area contributed by atoms with E-state index in [1.54, 1.807) is 6.92 Å². The highest BCUT2D eigenvalue weighted by molar-refractivity contribution is 5.94. The Bertz CT molecular complexity index is 638. The maximum atomic E-state index is 12.9. The SMILES string of the molecule is CC#CC(=O)NC1CCN(C(=O)C2(c3ccccc3)CC2)C1. The molecular weight excluding hydrogens is 276 g/mol. The zero-order valence-corrected chi connectivity index (χ0v) is 12.8. The molecule has 1 atom stereocenters. The Kier molecular flexibility index (Phi) is 3.89. The van der Waals surface area contributed by atoms with Crippen LogP contribution in [0, 0.1) is 11.8 Å². The molecule has 2 fully saturated rings. The van der Waals surface area contributed by atoms with Crippen LogP contribution < -0.4 is 5.32 Å². The summed E-state index contributed by atoms with van der Waals surface area (Å²) in [6.45, 7) is 2.93. The molecule has 4 nitrogen and oxygen atoms in total. The Balaban J connectivity index is 1.65. The second-order valence-corrected chi connectivity index (χ2v) is 6.03. The Morgan fingerprint density at radius 3 is 2.64 bits per heavy atom. The van der Waals surface area contributed by atoms with E-state index in [1.165, 1.54) is 0 Å². The summed E-state index contributed by atoms with van der Waals surface area (Å²) in [6.07, 6.45) is 2.64. The monoisotopic (exact) mass is 296 g/mol. The van der Waals surface area contributed by atoms with Gasteiger partial charge in [-0.2, -0.15) is 0 Å². The number of carbonyl (C=O) groups excluding carboxylic acids is 2. The van der Waals surface area contributed by atoms with E-state index in [2.05, 4.69) is 17.2 Å². The molecule has 2 amide bonds. The summed E-state index contributed by atoms with van der Waals surface area (Å²) < 4.78 is 0. The van der Waals surface area contributed by atoms with Crippen LogP contribution >= 0.6 is 0 Å². The van der Waals surface area contributed by atoms with Gasteiger partial charge in [-0.3, -0.25) is 9.59 Å². The Labute approximate surface area is 130 Å². The quantitative estimate of drug-likeness (QED) is 0.859. The van der Waals surface area contributed by atoms with Crippen molar-refractivity contribution in [3.05, 3.63) is 35.9 Å². The second kappa shape index (κ2) is 5.84. The number of nitrogens with zero attached hydrogens (tertiary/aromatic N) is 1. The van der Waals surface area contributed by atoms with Crippen LogP contribution in [-0.2, 0) is 15.0 Å². The number of benzene rings is 1.